The maximum absolute atomic E-state index is 12.3. The number of ether oxygens (including phenoxy) is 2. The van der Waals surface area contributed by atoms with Crippen LogP contribution in [0.2, 0.25) is 0 Å². The van der Waals surface area contributed by atoms with Gasteiger partial charge in [0.25, 0.3) is 5.91 Å². The second-order valence-corrected chi connectivity index (χ2v) is 6.12. The van der Waals surface area contributed by atoms with E-state index in [4.69, 9.17) is 4.74 Å². The van der Waals surface area contributed by atoms with Crippen LogP contribution in [0, 0.1) is 0 Å². The average molecular weight is 411 g/mol. The Balaban J connectivity index is 1.47. The number of benzene rings is 1. The molecule has 8 nitrogen and oxygen atoms in total. The minimum absolute atomic E-state index is 0.0726. The zero-order valence-corrected chi connectivity index (χ0v) is 15.4. The minimum Gasteiger partial charge on any atom is -0.406 e. The maximum atomic E-state index is 12.3. The number of nitrogens with one attached hydrogen (secondary N) is 2. The van der Waals surface area contributed by atoms with Gasteiger partial charge in [0.15, 0.2) is 0 Å². The van der Waals surface area contributed by atoms with Crippen LogP contribution < -0.4 is 20.3 Å². The minimum atomic E-state index is -4.81. The van der Waals surface area contributed by atoms with Crippen LogP contribution in [0.1, 0.15) is 10.4 Å². The van der Waals surface area contributed by atoms with E-state index in [0.717, 1.165) is 31.0 Å². The molecule has 0 bridgehead atoms. The molecular formula is C18H20F3N5O3. The molecule has 2 heterocycles. The first-order valence-electron chi connectivity index (χ1n) is 8.93. The molecule has 1 saturated heterocycles. The summed E-state index contributed by atoms with van der Waals surface area (Å²) in [7, 11) is 0. The molecule has 156 valence electrons. The lowest BCUT2D eigenvalue weighted by Gasteiger charge is -2.27. The molecule has 1 aromatic carbocycles. The van der Waals surface area contributed by atoms with E-state index in [-0.39, 0.29) is 12.1 Å². The summed E-state index contributed by atoms with van der Waals surface area (Å²) in [6, 6.07) is 6.71. The quantitative estimate of drug-likeness (QED) is 0.674. The lowest BCUT2D eigenvalue weighted by molar-refractivity contribution is -0.274. The number of nitrogens with zero attached hydrogens (tertiary/aromatic N) is 3. The fourth-order valence-corrected chi connectivity index (χ4v) is 2.71. The van der Waals surface area contributed by atoms with Crippen LogP contribution in [0.5, 0.6) is 5.75 Å². The van der Waals surface area contributed by atoms with Crippen molar-refractivity contribution in [2.24, 2.45) is 0 Å². The van der Waals surface area contributed by atoms with Crippen molar-refractivity contribution in [2.45, 2.75) is 6.36 Å². The van der Waals surface area contributed by atoms with Crippen LogP contribution in [-0.4, -0.2) is 61.6 Å². The number of carbonyl (C=O) groups excluding carboxylic acids is 1. The molecule has 29 heavy (non-hydrogen) atoms. The van der Waals surface area contributed by atoms with E-state index >= 15 is 0 Å². The number of alkyl halides is 3. The van der Waals surface area contributed by atoms with Crippen LogP contribution in [0.3, 0.4) is 0 Å². The number of aromatic nitrogens is 2. The highest BCUT2D eigenvalue weighted by atomic mass is 19.4. The predicted octanol–water partition coefficient (Wildman–Crippen LogP) is 2.05. The van der Waals surface area contributed by atoms with E-state index in [1.165, 1.54) is 18.5 Å². The Morgan fingerprint density at radius 1 is 1.17 bits per heavy atom. The second-order valence-electron chi connectivity index (χ2n) is 6.12. The van der Waals surface area contributed by atoms with Crippen molar-refractivity contribution in [1.82, 2.24) is 15.3 Å². The number of anilines is 2. The average Bonchev–Trinajstić information content (AvgIpc) is 2.71. The van der Waals surface area contributed by atoms with Crippen LogP contribution in [0.15, 0.2) is 36.7 Å². The normalized spacial score (nSPS) is 14.4. The Labute approximate surface area is 165 Å². The van der Waals surface area contributed by atoms with E-state index < -0.39 is 18.0 Å². The summed E-state index contributed by atoms with van der Waals surface area (Å²) in [5.74, 6) is 0.448. The standard InChI is InChI=1S/C18H20F3N5O3/c19-18(20,21)29-14-3-1-2-13(10-14)17(27)23-5-4-22-15-11-16(25-12-24-15)26-6-8-28-9-7-26/h1-3,10-12H,4-9H2,(H,23,27)(H,22,24,25). The Morgan fingerprint density at radius 3 is 2.72 bits per heavy atom. The SMILES string of the molecule is O=C(NCCNc1cc(N2CCOCC2)ncn1)c1cccc(OC(F)(F)F)c1. The molecule has 1 aromatic heterocycles. The van der Waals surface area contributed by atoms with Gasteiger partial charge in [-0.1, -0.05) is 6.07 Å². The van der Waals surface area contributed by atoms with Crippen LogP contribution in [-0.2, 0) is 4.74 Å². The highest BCUT2D eigenvalue weighted by Gasteiger charge is 2.31. The largest absolute Gasteiger partial charge is 0.573 e. The summed E-state index contributed by atoms with van der Waals surface area (Å²) in [5.41, 5.74) is 0.0726. The monoisotopic (exact) mass is 411 g/mol. The Hall–Kier alpha value is -3.08. The molecule has 3 rings (SSSR count). The van der Waals surface area contributed by atoms with Gasteiger partial charge < -0.3 is 25.0 Å². The molecule has 0 saturated carbocycles. The van der Waals surface area contributed by atoms with Crippen molar-refractivity contribution >= 4 is 17.5 Å². The van der Waals surface area contributed by atoms with Crippen LogP contribution >= 0.6 is 0 Å². The van der Waals surface area contributed by atoms with Crippen molar-refractivity contribution in [1.29, 1.82) is 0 Å². The van der Waals surface area contributed by atoms with Crippen molar-refractivity contribution in [3.05, 3.63) is 42.2 Å². The van der Waals surface area contributed by atoms with Crippen LogP contribution in [0.25, 0.3) is 0 Å². The third kappa shape index (κ3) is 6.49. The molecule has 0 unspecified atom stereocenters. The van der Waals surface area contributed by atoms with Gasteiger partial charge in [0.05, 0.1) is 13.2 Å². The Bertz CT molecular complexity index is 828. The molecule has 2 aromatic rings. The van der Waals surface area contributed by atoms with E-state index in [1.807, 2.05) is 6.07 Å². The van der Waals surface area contributed by atoms with Gasteiger partial charge in [-0.3, -0.25) is 4.79 Å². The fraction of sp³-hybridized carbons (Fsp3) is 0.389. The topological polar surface area (TPSA) is 88.6 Å². The van der Waals surface area contributed by atoms with Gasteiger partial charge in [0.2, 0.25) is 0 Å². The smallest absolute Gasteiger partial charge is 0.406 e. The zero-order chi connectivity index (χ0) is 20.7. The maximum Gasteiger partial charge on any atom is 0.573 e. The molecule has 11 heteroatoms. The van der Waals surface area contributed by atoms with Gasteiger partial charge in [0, 0.05) is 37.8 Å². The van der Waals surface area contributed by atoms with Gasteiger partial charge in [-0.05, 0) is 18.2 Å². The molecular weight excluding hydrogens is 391 g/mol. The number of halogens is 3. The molecule has 2 N–H and O–H groups in total. The van der Waals surface area contributed by atoms with Crippen molar-refractivity contribution in [2.75, 3.05) is 49.6 Å². The Morgan fingerprint density at radius 2 is 1.97 bits per heavy atom. The third-order valence-electron chi connectivity index (χ3n) is 4.03. The zero-order valence-electron chi connectivity index (χ0n) is 15.4. The number of rotatable bonds is 7. The van der Waals surface area contributed by atoms with Gasteiger partial charge in [0.1, 0.15) is 23.7 Å². The molecule has 0 aliphatic carbocycles. The molecule has 1 amide bonds. The van der Waals surface area contributed by atoms with Crippen LogP contribution in [0.4, 0.5) is 24.8 Å². The number of amides is 1. The summed E-state index contributed by atoms with van der Waals surface area (Å²) >= 11 is 0. The predicted molar refractivity (Wildman–Crippen MR) is 99.0 cm³/mol. The molecule has 0 atom stereocenters. The second kappa shape index (κ2) is 9.41. The molecule has 0 radical (unpaired) electrons. The highest BCUT2D eigenvalue weighted by molar-refractivity contribution is 5.94. The summed E-state index contributed by atoms with van der Waals surface area (Å²) in [5, 5.41) is 5.70. The first-order chi connectivity index (χ1) is 13.9. The van der Waals surface area contributed by atoms with Gasteiger partial charge in [-0.25, -0.2) is 9.97 Å². The molecule has 1 aliphatic heterocycles. The summed E-state index contributed by atoms with van der Waals surface area (Å²) in [6.45, 7) is 3.43. The molecule has 1 fully saturated rings. The Kier molecular flexibility index (Phi) is 6.70. The number of morpholine rings is 1. The van der Waals surface area contributed by atoms with Crippen molar-refractivity contribution < 1.29 is 27.4 Å². The molecule has 1 aliphatic rings. The van der Waals surface area contributed by atoms with Crippen molar-refractivity contribution in [3.8, 4) is 5.75 Å². The van der Waals surface area contributed by atoms with Gasteiger partial charge in [-0.2, -0.15) is 0 Å². The molecule has 0 spiro atoms. The highest BCUT2D eigenvalue weighted by Crippen LogP contribution is 2.23. The lowest BCUT2D eigenvalue weighted by atomic mass is 10.2. The number of hydrogen-bond donors (Lipinski definition) is 2. The van der Waals surface area contributed by atoms with E-state index in [0.29, 0.717) is 25.6 Å². The number of carbonyl (C=O) groups is 1. The first kappa shape index (κ1) is 20.6. The summed E-state index contributed by atoms with van der Waals surface area (Å²) in [6.07, 6.45) is -3.35. The van der Waals surface area contributed by atoms with Gasteiger partial charge >= 0.3 is 6.36 Å². The van der Waals surface area contributed by atoms with E-state index in [2.05, 4.69) is 30.2 Å². The van der Waals surface area contributed by atoms with Gasteiger partial charge in [-0.15, -0.1) is 13.2 Å². The number of hydrogen-bond acceptors (Lipinski definition) is 7. The first-order valence-corrected chi connectivity index (χ1v) is 8.93. The fourth-order valence-electron chi connectivity index (χ4n) is 2.71. The third-order valence-corrected chi connectivity index (χ3v) is 4.03. The van der Waals surface area contributed by atoms with E-state index in [9.17, 15) is 18.0 Å². The summed E-state index contributed by atoms with van der Waals surface area (Å²) < 4.78 is 46.0. The lowest BCUT2D eigenvalue weighted by Crippen LogP contribution is -2.36. The van der Waals surface area contributed by atoms with Crippen molar-refractivity contribution in [3.63, 3.8) is 0 Å². The summed E-state index contributed by atoms with van der Waals surface area (Å²) in [4.78, 5) is 22.6. The van der Waals surface area contributed by atoms with E-state index in [1.54, 1.807) is 0 Å².